The number of hydrogen-bond donors (Lipinski definition) is 1. The highest BCUT2D eigenvalue weighted by molar-refractivity contribution is 5.85. The van der Waals surface area contributed by atoms with Crippen LogP contribution in [0, 0.1) is 0 Å². The Kier molecular flexibility index (Phi) is 5.70. The van der Waals surface area contributed by atoms with E-state index < -0.39 is 0 Å². The maximum atomic E-state index is 6.08. The number of fused-ring (bicyclic) bond motifs is 1. The van der Waals surface area contributed by atoms with Crippen molar-refractivity contribution in [2.24, 2.45) is 7.05 Å². The van der Waals surface area contributed by atoms with Crippen LogP contribution >= 0.6 is 0 Å². The van der Waals surface area contributed by atoms with Gasteiger partial charge in [-0.3, -0.25) is 4.90 Å². The van der Waals surface area contributed by atoms with Crippen LogP contribution in [0.1, 0.15) is 17.4 Å². The number of benzene rings is 1. The van der Waals surface area contributed by atoms with Crippen LogP contribution < -0.4 is 10.1 Å². The summed E-state index contributed by atoms with van der Waals surface area (Å²) in [5.41, 5.74) is 3.38. The topological polar surface area (TPSA) is 77.3 Å². The van der Waals surface area contributed by atoms with Gasteiger partial charge in [0, 0.05) is 56.7 Å². The van der Waals surface area contributed by atoms with Crippen LogP contribution in [0.2, 0.25) is 0 Å². The van der Waals surface area contributed by atoms with E-state index in [2.05, 4.69) is 50.1 Å². The number of aryl methyl sites for hydroxylation is 1. The number of nitrogens with zero attached hydrogens (tertiary/aromatic N) is 5. The lowest BCUT2D eigenvalue weighted by atomic mass is 10.1. The molecular weight excluding hydrogens is 404 g/mol. The Labute approximate surface area is 186 Å². The summed E-state index contributed by atoms with van der Waals surface area (Å²) in [4.78, 5) is 15.6. The van der Waals surface area contributed by atoms with Crippen molar-refractivity contribution in [3.63, 3.8) is 0 Å². The third-order valence-corrected chi connectivity index (χ3v) is 5.73. The molecule has 1 N–H and O–H groups in total. The van der Waals surface area contributed by atoms with E-state index in [9.17, 15) is 0 Å². The average Bonchev–Trinajstić information content (AvgIpc) is 3.14. The van der Waals surface area contributed by atoms with Crippen molar-refractivity contribution >= 4 is 22.7 Å². The first-order chi connectivity index (χ1) is 15.7. The van der Waals surface area contributed by atoms with Crippen molar-refractivity contribution in [1.82, 2.24) is 24.4 Å². The third-order valence-electron chi connectivity index (χ3n) is 5.73. The first-order valence-corrected chi connectivity index (χ1v) is 10.7. The number of aromatic nitrogens is 4. The minimum atomic E-state index is -0.0859. The molecule has 0 radical (unpaired) electrons. The molecule has 4 heterocycles. The molecule has 1 fully saturated rings. The molecule has 0 amide bonds. The first kappa shape index (κ1) is 20.4. The monoisotopic (exact) mass is 430 g/mol. The lowest BCUT2D eigenvalue weighted by molar-refractivity contribution is -0.0348. The molecule has 1 saturated heterocycles. The maximum Gasteiger partial charge on any atom is 0.228 e. The normalized spacial score (nSPS) is 16.9. The molecule has 1 aliphatic rings. The van der Waals surface area contributed by atoms with Gasteiger partial charge in [-0.05, 0) is 35.9 Å². The number of nitrogens with one attached hydrogen (secondary N) is 1. The standard InChI is InChI=1S/C24H26N6O2/c1-29-14-17(19-8-7-18(31-2)13-21(19)29)15-30-11-12-32-22(16-30)20-5-3-6-23(27-20)28-24-25-9-4-10-26-24/h3-10,13-14,22H,11-12,15-16H2,1-2H3,(H,25,26,27,28). The molecule has 3 aromatic heterocycles. The molecule has 8 heteroatoms. The molecule has 5 rings (SSSR count). The zero-order valence-electron chi connectivity index (χ0n) is 18.2. The lowest BCUT2D eigenvalue weighted by Gasteiger charge is -2.32. The highest BCUT2D eigenvalue weighted by Crippen LogP contribution is 2.28. The smallest absolute Gasteiger partial charge is 0.228 e. The number of rotatable bonds is 6. The molecule has 0 aliphatic carbocycles. The van der Waals surface area contributed by atoms with Crippen LogP contribution in [0.15, 0.2) is 61.1 Å². The number of hydrogen-bond acceptors (Lipinski definition) is 7. The van der Waals surface area contributed by atoms with Crippen LogP contribution in [0.3, 0.4) is 0 Å². The van der Waals surface area contributed by atoms with Gasteiger partial charge in [-0.15, -0.1) is 0 Å². The Morgan fingerprint density at radius 1 is 1.16 bits per heavy atom. The van der Waals surface area contributed by atoms with Gasteiger partial charge >= 0.3 is 0 Å². The van der Waals surface area contributed by atoms with Gasteiger partial charge in [-0.2, -0.15) is 0 Å². The highest BCUT2D eigenvalue weighted by Gasteiger charge is 2.24. The van der Waals surface area contributed by atoms with E-state index in [1.54, 1.807) is 25.6 Å². The SMILES string of the molecule is COc1ccc2c(CN3CCOC(c4cccc(Nc5ncccn5)n4)C3)cn(C)c2c1. The van der Waals surface area contributed by atoms with E-state index in [0.717, 1.165) is 31.1 Å². The minimum Gasteiger partial charge on any atom is -0.497 e. The van der Waals surface area contributed by atoms with Crippen molar-refractivity contribution in [2.75, 3.05) is 32.1 Å². The van der Waals surface area contributed by atoms with E-state index in [0.29, 0.717) is 18.4 Å². The summed E-state index contributed by atoms with van der Waals surface area (Å²) in [5, 5.41) is 4.40. The predicted octanol–water partition coefficient (Wildman–Crippen LogP) is 3.69. The molecular formula is C24H26N6O2. The third kappa shape index (κ3) is 4.28. The number of methoxy groups -OCH3 is 1. The van der Waals surface area contributed by atoms with Crippen LogP contribution in [-0.4, -0.2) is 51.2 Å². The molecule has 0 spiro atoms. The molecule has 32 heavy (non-hydrogen) atoms. The summed E-state index contributed by atoms with van der Waals surface area (Å²) in [6, 6.07) is 13.9. The fourth-order valence-electron chi connectivity index (χ4n) is 4.15. The summed E-state index contributed by atoms with van der Waals surface area (Å²) < 4.78 is 13.6. The summed E-state index contributed by atoms with van der Waals surface area (Å²) in [5.74, 6) is 2.10. The Bertz CT molecular complexity index is 1210. The second-order valence-electron chi connectivity index (χ2n) is 7.89. The Morgan fingerprint density at radius 2 is 2.03 bits per heavy atom. The second-order valence-corrected chi connectivity index (χ2v) is 7.89. The Morgan fingerprint density at radius 3 is 2.88 bits per heavy atom. The van der Waals surface area contributed by atoms with Gasteiger partial charge in [0.1, 0.15) is 17.7 Å². The largest absolute Gasteiger partial charge is 0.497 e. The zero-order valence-corrected chi connectivity index (χ0v) is 18.2. The van der Waals surface area contributed by atoms with E-state index >= 15 is 0 Å². The summed E-state index contributed by atoms with van der Waals surface area (Å²) in [6.45, 7) is 3.20. The van der Waals surface area contributed by atoms with Gasteiger partial charge in [0.05, 0.1) is 24.9 Å². The van der Waals surface area contributed by atoms with Gasteiger partial charge in [-0.25, -0.2) is 15.0 Å². The fourth-order valence-corrected chi connectivity index (χ4v) is 4.15. The van der Waals surface area contributed by atoms with Crippen LogP contribution in [0.25, 0.3) is 10.9 Å². The predicted molar refractivity (Wildman–Crippen MR) is 123 cm³/mol. The fraction of sp³-hybridized carbons (Fsp3) is 0.292. The zero-order chi connectivity index (χ0) is 21.9. The first-order valence-electron chi connectivity index (χ1n) is 10.7. The Hall–Kier alpha value is -3.49. The molecule has 1 unspecified atom stereocenters. The van der Waals surface area contributed by atoms with Crippen molar-refractivity contribution in [3.05, 3.63) is 72.3 Å². The van der Waals surface area contributed by atoms with Gasteiger partial charge in [-0.1, -0.05) is 6.07 Å². The highest BCUT2D eigenvalue weighted by atomic mass is 16.5. The molecule has 0 saturated carbocycles. The van der Waals surface area contributed by atoms with Gasteiger partial charge < -0.3 is 19.4 Å². The molecule has 1 atom stereocenters. The summed E-state index contributed by atoms with van der Waals surface area (Å²) in [7, 11) is 3.77. The molecule has 1 aliphatic heterocycles. The molecule has 164 valence electrons. The van der Waals surface area contributed by atoms with Crippen molar-refractivity contribution in [1.29, 1.82) is 0 Å². The van der Waals surface area contributed by atoms with E-state index in [4.69, 9.17) is 14.5 Å². The van der Waals surface area contributed by atoms with E-state index in [-0.39, 0.29) is 6.10 Å². The lowest BCUT2D eigenvalue weighted by Crippen LogP contribution is -2.38. The molecule has 4 aromatic rings. The van der Waals surface area contributed by atoms with Crippen LogP contribution in [0.4, 0.5) is 11.8 Å². The van der Waals surface area contributed by atoms with Gasteiger partial charge in [0.2, 0.25) is 5.95 Å². The second kappa shape index (κ2) is 8.94. The summed E-state index contributed by atoms with van der Waals surface area (Å²) >= 11 is 0. The number of morpholine rings is 1. The van der Waals surface area contributed by atoms with Crippen LogP contribution in [-0.2, 0) is 18.3 Å². The van der Waals surface area contributed by atoms with Gasteiger partial charge in [0.25, 0.3) is 0 Å². The number of ether oxygens (including phenoxy) is 2. The van der Waals surface area contributed by atoms with Crippen LogP contribution in [0.5, 0.6) is 5.75 Å². The van der Waals surface area contributed by atoms with E-state index in [1.807, 2.05) is 24.3 Å². The van der Waals surface area contributed by atoms with E-state index in [1.165, 1.54) is 16.5 Å². The number of pyridine rings is 1. The Balaban J connectivity index is 1.31. The van der Waals surface area contributed by atoms with Gasteiger partial charge in [0.15, 0.2) is 0 Å². The maximum absolute atomic E-state index is 6.08. The minimum absolute atomic E-state index is 0.0859. The van der Waals surface area contributed by atoms with Crippen molar-refractivity contribution in [2.45, 2.75) is 12.6 Å². The summed E-state index contributed by atoms with van der Waals surface area (Å²) in [6.07, 6.45) is 5.52. The molecule has 1 aromatic carbocycles. The van der Waals surface area contributed by atoms with Crippen molar-refractivity contribution in [3.8, 4) is 5.75 Å². The quantitative estimate of drug-likeness (QED) is 0.500. The average molecular weight is 431 g/mol. The number of anilines is 2. The molecule has 0 bridgehead atoms. The molecule has 8 nitrogen and oxygen atoms in total. The van der Waals surface area contributed by atoms with Crippen molar-refractivity contribution < 1.29 is 9.47 Å².